The Morgan fingerprint density at radius 3 is 2.94 bits per heavy atom. The maximum Gasteiger partial charge on any atom is 0.273 e. The van der Waals surface area contributed by atoms with Crippen LogP contribution in [0.1, 0.15) is 15.4 Å². The second-order valence-corrected chi connectivity index (χ2v) is 4.85. The van der Waals surface area contributed by atoms with Crippen LogP contribution < -0.4 is 5.32 Å². The van der Waals surface area contributed by atoms with Crippen molar-refractivity contribution in [1.29, 1.82) is 0 Å². The number of hydrogen-bond donors (Lipinski definition) is 1. The van der Waals surface area contributed by atoms with E-state index in [-0.39, 0.29) is 5.91 Å². The lowest BCUT2D eigenvalue weighted by Gasteiger charge is -2.26. The summed E-state index contributed by atoms with van der Waals surface area (Å²) in [6, 6.07) is 0. The van der Waals surface area contributed by atoms with Crippen molar-refractivity contribution in [1.82, 2.24) is 19.8 Å². The molecule has 1 fully saturated rings. The molecule has 0 spiro atoms. The summed E-state index contributed by atoms with van der Waals surface area (Å²) in [7, 11) is 0. The van der Waals surface area contributed by atoms with Crippen LogP contribution in [-0.4, -0.2) is 59.8 Å². The molecule has 17 heavy (non-hydrogen) atoms. The highest BCUT2D eigenvalue weighted by molar-refractivity contribution is 7.05. The van der Waals surface area contributed by atoms with Crippen LogP contribution in [0.15, 0.2) is 0 Å². The van der Waals surface area contributed by atoms with E-state index in [1.165, 1.54) is 11.5 Å². The predicted octanol–water partition coefficient (Wildman–Crippen LogP) is -0.0915. The Kier molecular flexibility index (Phi) is 4.41. The molecule has 1 saturated heterocycles. The number of amides is 1. The maximum absolute atomic E-state index is 11.7. The zero-order valence-corrected chi connectivity index (χ0v) is 10.6. The van der Waals surface area contributed by atoms with Gasteiger partial charge in [0.25, 0.3) is 5.91 Å². The number of aromatic nitrogens is 2. The van der Waals surface area contributed by atoms with Crippen molar-refractivity contribution in [3.63, 3.8) is 0 Å². The molecule has 1 aromatic heterocycles. The van der Waals surface area contributed by atoms with Gasteiger partial charge in [-0.2, -0.15) is 0 Å². The van der Waals surface area contributed by atoms with Crippen molar-refractivity contribution in [2.45, 2.75) is 6.92 Å². The third-order valence-electron chi connectivity index (χ3n) is 2.68. The Morgan fingerprint density at radius 1 is 1.53 bits per heavy atom. The fourth-order valence-corrected chi connectivity index (χ4v) is 2.14. The first-order valence-corrected chi connectivity index (χ1v) is 6.42. The third kappa shape index (κ3) is 3.45. The van der Waals surface area contributed by atoms with Gasteiger partial charge >= 0.3 is 0 Å². The number of rotatable bonds is 4. The van der Waals surface area contributed by atoms with Crippen LogP contribution in [0.2, 0.25) is 0 Å². The predicted molar refractivity (Wildman–Crippen MR) is 64.2 cm³/mol. The van der Waals surface area contributed by atoms with Crippen LogP contribution in [0.3, 0.4) is 0 Å². The molecule has 1 amide bonds. The van der Waals surface area contributed by atoms with Gasteiger partial charge in [0.05, 0.1) is 18.1 Å². The zero-order valence-electron chi connectivity index (χ0n) is 9.81. The van der Waals surface area contributed by atoms with Gasteiger partial charge in [-0.3, -0.25) is 9.69 Å². The van der Waals surface area contributed by atoms with E-state index in [9.17, 15) is 4.79 Å². The van der Waals surface area contributed by atoms with Crippen molar-refractivity contribution >= 4 is 17.4 Å². The number of hydrogen-bond acceptors (Lipinski definition) is 6. The van der Waals surface area contributed by atoms with Crippen molar-refractivity contribution in [3.05, 3.63) is 10.6 Å². The maximum atomic E-state index is 11.7. The van der Waals surface area contributed by atoms with Gasteiger partial charge in [-0.15, -0.1) is 5.10 Å². The second-order valence-electron chi connectivity index (χ2n) is 3.89. The molecule has 2 rings (SSSR count). The fraction of sp³-hybridized carbons (Fsp3) is 0.700. The van der Waals surface area contributed by atoms with Gasteiger partial charge in [-0.1, -0.05) is 4.49 Å². The quantitative estimate of drug-likeness (QED) is 0.815. The minimum Gasteiger partial charge on any atom is -0.379 e. The topological polar surface area (TPSA) is 67.4 Å². The highest BCUT2D eigenvalue weighted by Crippen LogP contribution is 2.07. The molecule has 1 aliphatic rings. The number of nitrogens with zero attached hydrogens (tertiary/aromatic N) is 3. The zero-order chi connectivity index (χ0) is 12.1. The van der Waals surface area contributed by atoms with Crippen LogP contribution in [0.25, 0.3) is 0 Å². The number of ether oxygens (including phenoxy) is 1. The van der Waals surface area contributed by atoms with Crippen molar-refractivity contribution < 1.29 is 9.53 Å². The molecule has 0 aliphatic carbocycles. The summed E-state index contributed by atoms with van der Waals surface area (Å²) in [5.74, 6) is -0.135. The minimum absolute atomic E-state index is 0.135. The average molecular weight is 256 g/mol. The van der Waals surface area contributed by atoms with Crippen LogP contribution in [0.4, 0.5) is 0 Å². The molecular formula is C10H16N4O2S. The van der Waals surface area contributed by atoms with E-state index in [0.29, 0.717) is 12.2 Å². The molecule has 0 radical (unpaired) electrons. The summed E-state index contributed by atoms with van der Waals surface area (Å²) in [5, 5.41) is 6.66. The van der Waals surface area contributed by atoms with Crippen LogP contribution in [-0.2, 0) is 4.74 Å². The Morgan fingerprint density at radius 2 is 2.29 bits per heavy atom. The average Bonchev–Trinajstić information content (AvgIpc) is 2.77. The summed E-state index contributed by atoms with van der Waals surface area (Å²) in [5.41, 5.74) is 0.442. The molecule has 94 valence electrons. The number of morpholine rings is 1. The first-order chi connectivity index (χ1) is 8.27. The standard InChI is InChI=1S/C10H16N4O2S/c1-8-9(12-13-17-8)10(15)11-2-3-14-4-6-16-7-5-14/h2-7H2,1H3,(H,11,15). The summed E-state index contributed by atoms with van der Waals surface area (Å²) < 4.78 is 9.00. The number of aryl methyl sites for hydroxylation is 1. The van der Waals surface area contributed by atoms with E-state index in [0.717, 1.165) is 37.7 Å². The summed E-state index contributed by atoms with van der Waals surface area (Å²) in [6.45, 7) is 6.77. The number of nitrogens with one attached hydrogen (secondary N) is 1. The number of carbonyl (C=O) groups is 1. The highest BCUT2D eigenvalue weighted by Gasteiger charge is 2.14. The molecule has 0 atom stereocenters. The van der Waals surface area contributed by atoms with Gasteiger partial charge in [0.2, 0.25) is 0 Å². The van der Waals surface area contributed by atoms with Gasteiger partial charge in [0, 0.05) is 26.2 Å². The minimum atomic E-state index is -0.135. The summed E-state index contributed by atoms with van der Waals surface area (Å²) in [6.07, 6.45) is 0. The van der Waals surface area contributed by atoms with E-state index in [1.807, 2.05) is 6.92 Å². The van der Waals surface area contributed by atoms with E-state index in [2.05, 4.69) is 19.8 Å². The normalized spacial score (nSPS) is 17.0. The van der Waals surface area contributed by atoms with E-state index in [1.54, 1.807) is 0 Å². The SMILES string of the molecule is Cc1snnc1C(=O)NCCN1CCOCC1. The molecule has 7 heteroatoms. The van der Waals surface area contributed by atoms with Gasteiger partial charge in [0.15, 0.2) is 5.69 Å². The molecule has 2 heterocycles. The Labute approximate surface area is 104 Å². The number of carbonyl (C=O) groups excluding carboxylic acids is 1. The Bertz CT molecular complexity index is 376. The molecule has 6 nitrogen and oxygen atoms in total. The van der Waals surface area contributed by atoms with Gasteiger partial charge in [-0.25, -0.2) is 0 Å². The van der Waals surface area contributed by atoms with Crippen molar-refractivity contribution in [3.8, 4) is 0 Å². The highest BCUT2D eigenvalue weighted by atomic mass is 32.1. The van der Waals surface area contributed by atoms with Gasteiger partial charge in [-0.05, 0) is 18.5 Å². The Hall–Kier alpha value is -1.05. The van der Waals surface area contributed by atoms with E-state index in [4.69, 9.17) is 4.74 Å². The summed E-state index contributed by atoms with van der Waals surface area (Å²) >= 11 is 1.25. The molecule has 0 unspecified atom stereocenters. The first-order valence-electron chi connectivity index (χ1n) is 5.64. The monoisotopic (exact) mass is 256 g/mol. The van der Waals surface area contributed by atoms with Crippen LogP contribution in [0.5, 0.6) is 0 Å². The summed E-state index contributed by atoms with van der Waals surface area (Å²) in [4.78, 5) is 14.8. The van der Waals surface area contributed by atoms with Gasteiger partial charge in [0.1, 0.15) is 0 Å². The molecule has 0 aromatic carbocycles. The Balaban J connectivity index is 1.71. The van der Waals surface area contributed by atoms with E-state index >= 15 is 0 Å². The molecule has 1 aliphatic heterocycles. The molecular weight excluding hydrogens is 240 g/mol. The van der Waals surface area contributed by atoms with Crippen molar-refractivity contribution in [2.24, 2.45) is 0 Å². The van der Waals surface area contributed by atoms with E-state index < -0.39 is 0 Å². The molecule has 0 bridgehead atoms. The van der Waals surface area contributed by atoms with Crippen LogP contribution in [0, 0.1) is 6.92 Å². The fourth-order valence-electron chi connectivity index (χ4n) is 1.68. The van der Waals surface area contributed by atoms with Crippen LogP contribution >= 0.6 is 11.5 Å². The smallest absolute Gasteiger partial charge is 0.273 e. The third-order valence-corrected chi connectivity index (χ3v) is 3.31. The molecule has 1 N–H and O–H groups in total. The lowest BCUT2D eigenvalue weighted by molar-refractivity contribution is 0.0383. The largest absolute Gasteiger partial charge is 0.379 e. The lowest BCUT2D eigenvalue weighted by Crippen LogP contribution is -2.41. The van der Waals surface area contributed by atoms with Crippen molar-refractivity contribution in [2.75, 3.05) is 39.4 Å². The molecule has 0 saturated carbocycles. The molecule has 1 aromatic rings. The first kappa shape index (κ1) is 12.4. The lowest BCUT2D eigenvalue weighted by atomic mass is 10.3. The second kappa shape index (κ2) is 6.04. The van der Waals surface area contributed by atoms with Gasteiger partial charge < -0.3 is 10.1 Å².